The van der Waals surface area contributed by atoms with Crippen LogP contribution in [0.2, 0.25) is 0 Å². The highest BCUT2D eigenvalue weighted by molar-refractivity contribution is 8.00. The number of esters is 1. The fourth-order valence-electron chi connectivity index (χ4n) is 2.94. The highest BCUT2D eigenvalue weighted by atomic mass is 32.2. The van der Waals surface area contributed by atoms with Crippen molar-refractivity contribution in [1.82, 2.24) is 0 Å². The lowest BCUT2D eigenvalue weighted by molar-refractivity contribution is -0.388. The summed E-state index contributed by atoms with van der Waals surface area (Å²) in [5, 5.41) is 11.0. The molecule has 0 aliphatic rings. The summed E-state index contributed by atoms with van der Waals surface area (Å²) in [6, 6.07) is 12.5. The second-order valence-corrected chi connectivity index (χ2v) is 7.37. The minimum atomic E-state index is -0.560. The molecule has 0 saturated carbocycles. The molecule has 1 atom stereocenters. The number of aryl methyl sites for hydroxylation is 1. The van der Waals surface area contributed by atoms with Crippen molar-refractivity contribution in [3.05, 3.63) is 58.1 Å². The summed E-state index contributed by atoms with van der Waals surface area (Å²) < 4.78 is 15.7. The predicted octanol–water partition coefficient (Wildman–Crippen LogP) is 4.66. The van der Waals surface area contributed by atoms with Crippen LogP contribution in [0.4, 0.5) is 5.69 Å². The number of benzene rings is 2. The van der Waals surface area contributed by atoms with Crippen LogP contribution in [0.1, 0.15) is 25.3 Å². The summed E-state index contributed by atoms with van der Waals surface area (Å²) in [6.45, 7) is 1.99. The fourth-order valence-corrected chi connectivity index (χ4v) is 4.14. The molecule has 0 fully saturated rings. The van der Waals surface area contributed by atoms with Crippen molar-refractivity contribution in [3.8, 4) is 11.5 Å². The molecule has 2 aromatic carbocycles. The van der Waals surface area contributed by atoms with Gasteiger partial charge in [0, 0.05) is 0 Å². The van der Waals surface area contributed by atoms with Crippen molar-refractivity contribution < 1.29 is 23.9 Å². The third-order valence-corrected chi connectivity index (χ3v) is 5.58. The summed E-state index contributed by atoms with van der Waals surface area (Å²) in [5.41, 5.74) is 0.911. The molecular formula is C21H25NO6S. The molecule has 0 saturated heterocycles. The van der Waals surface area contributed by atoms with E-state index in [1.807, 2.05) is 24.3 Å². The van der Waals surface area contributed by atoms with Gasteiger partial charge in [-0.2, -0.15) is 0 Å². The van der Waals surface area contributed by atoms with E-state index in [0.29, 0.717) is 17.7 Å². The smallest absolute Gasteiger partial charge is 0.324 e. The Hall–Kier alpha value is -2.74. The average molecular weight is 419 g/mol. The van der Waals surface area contributed by atoms with Crippen LogP contribution in [0.15, 0.2) is 47.4 Å². The summed E-state index contributed by atoms with van der Waals surface area (Å²) >= 11 is 1.14. The number of rotatable bonds is 11. The van der Waals surface area contributed by atoms with Crippen LogP contribution < -0.4 is 9.47 Å². The minimum absolute atomic E-state index is 0.140. The molecule has 8 heteroatoms. The Labute approximate surface area is 174 Å². The molecular weight excluding hydrogens is 394 g/mol. The number of carbonyl (C=O) groups excluding carboxylic acids is 1. The highest BCUT2D eigenvalue weighted by Crippen LogP contribution is 2.40. The van der Waals surface area contributed by atoms with Gasteiger partial charge in [0.05, 0.1) is 30.6 Å². The molecule has 0 bridgehead atoms. The van der Waals surface area contributed by atoms with Crippen molar-refractivity contribution in [2.45, 2.75) is 36.3 Å². The molecule has 0 spiro atoms. The van der Waals surface area contributed by atoms with E-state index in [1.165, 1.54) is 13.2 Å². The number of para-hydroxylation sites is 2. The first-order valence-corrected chi connectivity index (χ1v) is 10.2. The zero-order valence-corrected chi connectivity index (χ0v) is 17.6. The number of nitro benzene ring substituents is 1. The Morgan fingerprint density at radius 3 is 2.45 bits per heavy atom. The van der Waals surface area contributed by atoms with Crippen molar-refractivity contribution in [1.29, 1.82) is 0 Å². The van der Waals surface area contributed by atoms with E-state index in [0.717, 1.165) is 29.5 Å². The van der Waals surface area contributed by atoms with E-state index < -0.39 is 10.2 Å². The average Bonchev–Trinajstić information content (AvgIpc) is 2.73. The first-order valence-electron chi connectivity index (χ1n) is 9.28. The number of carbonyl (C=O) groups is 1. The van der Waals surface area contributed by atoms with Crippen molar-refractivity contribution in [2.75, 3.05) is 20.8 Å². The number of nitrogens with zero attached hydrogens (tertiary/aromatic N) is 1. The lowest BCUT2D eigenvalue weighted by Crippen LogP contribution is -2.20. The maximum Gasteiger partial charge on any atom is 0.324 e. The zero-order chi connectivity index (χ0) is 21.2. The first-order chi connectivity index (χ1) is 14.0. The number of hydrogen-bond donors (Lipinski definition) is 0. The Kier molecular flexibility index (Phi) is 8.79. The molecule has 2 aromatic rings. The van der Waals surface area contributed by atoms with E-state index in [4.69, 9.17) is 14.2 Å². The molecule has 0 heterocycles. The highest BCUT2D eigenvalue weighted by Gasteiger charge is 2.27. The van der Waals surface area contributed by atoms with Gasteiger partial charge in [0.2, 0.25) is 0 Å². The maximum atomic E-state index is 12.5. The second-order valence-electron chi connectivity index (χ2n) is 6.13. The maximum absolute atomic E-state index is 12.5. The Morgan fingerprint density at radius 1 is 1.10 bits per heavy atom. The van der Waals surface area contributed by atoms with Crippen LogP contribution in [-0.2, 0) is 16.0 Å². The van der Waals surface area contributed by atoms with Crippen molar-refractivity contribution in [2.24, 2.45) is 0 Å². The lowest BCUT2D eigenvalue weighted by atomic mass is 10.1. The third-order valence-electron chi connectivity index (χ3n) is 4.29. The minimum Gasteiger partial charge on any atom is -0.496 e. The van der Waals surface area contributed by atoms with Crippen LogP contribution in [0.3, 0.4) is 0 Å². The fraction of sp³-hybridized carbons (Fsp3) is 0.381. The number of ether oxygens (including phenoxy) is 3. The molecule has 2 rings (SSSR count). The molecule has 0 radical (unpaired) electrons. The van der Waals surface area contributed by atoms with Crippen LogP contribution >= 0.6 is 11.8 Å². The van der Waals surface area contributed by atoms with E-state index >= 15 is 0 Å². The van der Waals surface area contributed by atoms with Gasteiger partial charge in [-0.05, 0) is 49.9 Å². The van der Waals surface area contributed by atoms with Gasteiger partial charge in [-0.3, -0.25) is 14.9 Å². The molecule has 29 heavy (non-hydrogen) atoms. The topological polar surface area (TPSA) is 87.9 Å². The van der Waals surface area contributed by atoms with Gasteiger partial charge in [-0.1, -0.05) is 24.3 Å². The number of methoxy groups -OCH3 is 2. The van der Waals surface area contributed by atoms with Crippen LogP contribution in [0.25, 0.3) is 0 Å². The zero-order valence-electron chi connectivity index (χ0n) is 16.8. The predicted molar refractivity (Wildman–Crippen MR) is 112 cm³/mol. The number of nitro groups is 1. The Bertz CT molecular complexity index is 842. The molecule has 0 amide bonds. The van der Waals surface area contributed by atoms with Gasteiger partial charge in [-0.25, -0.2) is 0 Å². The molecule has 156 valence electrons. The van der Waals surface area contributed by atoms with Crippen molar-refractivity contribution in [3.63, 3.8) is 0 Å². The van der Waals surface area contributed by atoms with Gasteiger partial charge in [0.15, 0.2) is 5.75 Å². The first kappa shape index (κ1) is 22.5. The quantitative estimate of drug-likeness (QED) is 0.226. The third kappa shape index (κ3) is 6.12. The SMILES string of the molecule is CCOC(=O)[C@H](CCCc1ccccc1OC)Sc1cccc(OC)c1[N+](=O)[O-]. The number of thioether (sulfide) groups is 1. The summed E-state index contributed by atoms with van der Waals surface area (Å²) in [6.07, 6.45) is 1.94. The number of hydrogen-bond acceptors (Lipinski definition) is 7. The van der Waals surface area contributed by atoms with Crippen LogP contribution in [-0.4, -0.2) is 37.0 Å². The molecule has 0 N–H and O–H groups in total. The standard InChI is InChI=1S/C21H25NO6S/c1-4-28-21(23)19(14-7-10-15-9-5-6-11-16(15)26-2)29-18-13-8-12-17(27-3)20(18)22(24)25/h5-6,8-9,11-13,19H,4,7,10,14H2,1-3H3/t19-/m0/s1. The molecule has 7 nitrogen and oxygen atoms in total. The van der Waals surface area contributed by atoms with Gasteiger partial charge in [0.25, 0.3) is 0 Å². The summed E-state index contributed by atoms with van der Waals surface area (Å²) in [5.74, 6) is 0.586. The van der Waals surface area contributed by atoms with Gasteiger partial charge in [0.1, 0.15) is 11.0 Å². The Morgan fingerprint density at radius 2 is 1.79 bits per heavy atom. The van der Waals surface area contributed by atoms with E-state index in [-0.39, 0.29) is 24.0 Å². The molecule has 0 aliphatic carbocycles. The Balaban J connectivity index is 2.17. The van der Waals surface area contributed by atoms with E-state index in [2.05, 4.69) is 0 Å². The monoisotopic (exact) mass is 419 g/mol. The normalized spacial score (nSPS) is 11.6. The lowest BCUT2D eigenvalue weighted by Gasteiger charge is -2.16. The summed E-state index contributed by atoms with van der Waals surface area (Å²) in [7, 11) is 3.00. The molecule has 0 aliphatic heterocycles. The van der Waals surface area contributed by atoms with Crippen LogP contribution in [0.5, 0.6) is 11.5 Å². The summed E-state index contributed by atoms with van der Waals surface area (Å²) in [4.78, 5) is 23.9. The molecule has 0 aromatic heterocycles. The van der Waals surface area contributed by atoms with Gasteiger partial charge in [-0.15, -0.1) is 11.8 Å². The van der Waals surface area contributed by atoms with E-state index in [9.17, 15) is 14.9 Å². The van der Waals surface area contributed by atoms with Crippen molar-refractivity contribution >= 4 is 23.4 Å². The van der Waals surface area contributed by atoms with E-state index in [1.54, 1.807) is 26.2 Å². The largest absolute Gasteiger partial charge is 0.496 e. The molecule has 0 unspecified atom stereocenters. The van der Waals surface area contributed by atoms with Gasteiger partial charge >= 0.3 is 11.7 Å². The van der Waals surface area contributed by atoms with Crippen LogP contribution in [0, 0.1) is 10.1 Å². The van der Waals surface area contributed by atoms with Gasteiger partial charge < -0.3 is 14.2 Å². The second kappa shape index (κ2) is 11.3.